The molecular formula is C11H17N2O3. The molecule has 0 unspecified atom stereocenters. The first-order valence-corrected chi connectivity index (χ1v) is 5.16. The van der Waals surface area contributed by atoms with Gasteiger partial charge in [0.2, 0.25) is 0 Å². The molecule has 0 aliphatic carbocycles. The maximum atomic E-state index is 12.1. The summed E-state index contributed by atoms with van der Waals surface area (Å²) in [5.41, 5.74) is -1.80. The number of nitriles is 1. The van der Waals surface area contributed by atoms with Crippen LogP contribution in [0.2, 0.25) is 0 Å². The van der Waals surface area contributed by atoms with E-state index in [1.165, 1.54) is 7.11 Å². The maximum absolute atomic E-state index is 12.1. The first kappa shape index (κ1) is 12.9. The van der Waals surface area contributed by atoms with Gasteiger partial charge in [0.1, 0.15) is 0 Å². The summed E-state index contributed by atoms with van der Waals surface area (Å²) in [6.07, 6.45) is 0. The van der Waals surface area contributed by atoms with Gasteiger partial charge in [-0.2, -0.15) is 5.26 Å². The molecule has 0 N–H and O–H groups in total. The Morgan fingerprint density at radius 1 is 1.31 bits per heavy atom. The lowest BCUT2D eigenvalue weighted by molar-refractivity contribution is -0.250. The van der Waals surface area contributed by atoms with E-state index in [4.69, 9.17) is 5.26 Å². The van der Waals surface area contributed by atoms with E-state index in [0.717, 1.165) is 5.06 Å². The minimum atomic E-state index is -0.920. The molecule has 0 spiro atoms. The van der Waals surface area contributed by atoms with Gasteiger partial charge in [0.15, 0.2) is 0 Å². The van der Waals surface area contributed by atoms with Crippen molar-refractivity contribution in [3.63, 3.8) is 0 Å². The summed E-state index contributed by atoms with van der Waals surface area (Å²) in [6, 6.07) is 2.06. The third kappa shape index (κ3) is 1.49. The van der Waals surface area contributed by atoms with Gasteiger partial charge >= 0.3 is 5.97 Å². The van der Waals surface area contributed by atoms with Crippen LogP contribution in [0.5, 0.6) is 0 Å². The number of carbonyl (C=O) groups is 1. The molecule has 89 valence electrons. The second-order valence-corrected chi connectivity index (χ2v) is 5.21. The Labute approximate surface area is 95.6 Å². The summed E-state index contributed by atoms with van der Waals surface area (Å²) in [7, 11) is 1.27. The molecule has 0 saturated carbocycles. The van der Waals surface area contributed by atoms with Gasteiger partial charge in [-0.25, -0.2) is 0 Å². The Bertz CT molecular complexity index is 344. The molecule has 1 saturated heterocycles. The molecule has 2 atom stereocenters. The third-order valence-electron chi connectivity index (χ3n) is 3.50. The standard InChI is InChI=1S/C11H17N2O3/c1-10(2)7(6-12)8(9(14)16-5)11(3,4)13(10)15/h7-8H,1-5H3/t7-,8+/m0/s1. The molecule has 0 aromatic rings. The van der Waals surface area contributed by atoms with Gasteiger partial charge in [-0.1, -0.05) is 0 Å². The lowest BCUT2D eigenvalue weighted by Crippen LogP contribution is -2.47. The molecule has 1 rings (SSSR count). The second kappa shape index (κ2) is 3.72. The first-order valence-electron chi connectivity index (χ1n) is 5.16. The number of hydrogen-bond donors (Lipinski definition) is 0. The molecule has 0 aromatic heterocycles. The highest BCUT2D eigenvalue weighted by atomic mass is 16.5. The van der Waals surface area contributed by atoms with Crippen molar-refractivity contribution in [2.45, 2.75) is 38.8 Å². The van der Waals surface area contributed by atoms with Crippen molar-refractivity contribution in [2.24, 2.45) is 11.8 Å². The summed E-state index contributed by atoms with van der Waals surface area (Å²) in [6.45, 7) is 6.69. The number of esters is 1. The Morgan fingerprint density at radius 2 is 1.81 bits per heavy atom. The largest absolute Gasteiger partial charge is 0.469 e. The van der Waals surface area contributed by atoms with Gasteiger partial charge in [-0.3, -0.25) is 4.79 Å². The Hall–Kier alpha value is -1.12. The van der Waals surface area contributed by atoms with Gasteiger partial charge in [-0.05, 0) is 27.7 Å². The normalized spacial score (nSPS) is 32.1. The fourth-order valence-electron chi connectivity index (χ4n) is 2.60. The topological polar surface area (TPSA) is 73.2 Å². The highest BCUT2D eigenvalue weighted by Gasteiger charge is 2.62. The number of methoxy groups -OCH3 is 1. The first-order chi connectivity index (χ1) is 7.21. The lowest BCUT2D eigenvalue weighted by atomic mass is 9.78. The molecule has 1 heterocycles. The second-order valence-electron chi connectivity index (χ2n) is 5.21. The number of nitrogens with zero attached hydrogens (tertiary/aromatic N) is 2. The average Bonchev–Trinajstić information content (AvgIpc) is 2.34. The monoisotopic (exact) mass is 225 g/mol. The van der Waals surface area contributed by atoms with Crippen LogP contribution < -0.4 is 0 Å². The predicted molar refractivity (Wildman–Crippen MR) is 55.3 cm³/mol. The van der Waals surface area contributed by atoms with Crippen molar-refractivity contribution >= 4 is 5.97 Å². The van der Waals surface area contributed by atoms with Crippen LogP contribution in [0.4, 0.5) is 0 Å². The molecule has 0 amide bonds. The van der Waals surface area contributed by atoms with Gasteiger partial charge in [-0.15, -0.1) is 10.3 Å². The summed E-state index contributed by atoms with van der Waals surface area (Å²) >= 11 is 0. The summed E-state index contributed by atoms with van der Waals surface area (Å²) in [4.78, 5) is 11.7. The van der Waals surface area contributed by atoms with E-state index in [2.05, 4.69) is 10.8 Å². The van der Waals surface area contributed by atoms with Crippen LogP contribution in [0.15, 0.2) is 0 Å². The highest BCUT2D eigenvalue weighted by molar-refractivity contribution is 5.75. The molecule has 16 heavy (non-hydrogen) atoms. The SMILES string of the molecule is COC(=O)[C@H]1[C@H](C#N)C(C)(C)N([O])C1(C)C. The van der Waals surface area contributed by atoms with E-state index in [0.29, 0.717) is 0 Å². The van der Waals surface area contributed by atoms with E-state index < -0.39 is 28.9 Å². The van der Waals surface area contributed by atoms with Crippen LogP contribution in [-0.2, 0) is 14.7 Å². The average molecular weight is 225 g/mol. The minimum absolute atomic E-state index is 0.497. The van der Waals surface area contributed by atoms with E-state index in [9.17, 15) is 10.0 Å². The molecule has 5 heteroatoms. The van der Waals surface area contributed by atoms with Crippen LogP contribution >= 0.6 is 0 Å². The van der Waals surface area contributed by atoms with Crippen LogP contribution in [0.25, 0.3) is 0 Å². The van der Waals surface area contributed by atoms with Crippen LogP contribution in [0.3, 0.4) is 0 Å². The zero-order chi connectivity index (χ0) is 12.7. The van der Waals surface area contributed by atoms with Crippen LogP contribution in [0.1, 0.15) is 27.7 Å². The van der Waals surface area contributed by atoms with Crippen molar-refractivity contribution in [1.29, 1.82) is 5.26 Å². The van der Waals surface area contributed by atoms with Crippen molar-refractivity contribution in [2.75, 3.05) is 7.11 Å². The van der Waals surface area contributed by atoms with Gasteiger partial charge < -0.3 is 4.74 Å². The Balaban J connectivity index is 3.26. The summed E-state index contributed by atoms with van der Waals surface area (Å²) in [5, 5.41) is 22.1. The minimum Gasteiger partial charge on any atom is -0.469 e. The molecule has 1 aliphatic rings. The van der Waals surface area contributed by atoms with Crippen molar-refractivity contribution in [3.8, 4) is 6.07 Å². The van der Waals surface area contributed by atoms with Gasteiger partial charge in [0.25, 0.3) is 0 Å². The fourth-order valence-corrected chi connectivity index (χ4v) is 2.60. The van der Waals surface area contributed by atoms with Crippen molar-refractivity contribution in [3.05, 3.63) is 0 Å². The number of rotatable bonds is 1. The zero-order valence-corrected chi connectivity index (χ0v) is 10.3. The number of hydrogen-bond acceptors (Lipinski definition) is 4. The Morgan fingerprint density at radius 3 is 2.19 bits per heavy atom. The molecule has 1 radical (unpaired) electrons. The Kier molecular flexibility index (Phi) is 3.01. The molecule has 0 aromatic carbocycles. The van der Waals surface area contributed by atoms with Gasteiger partial charge in [0, 0.05) is 0 Å². The van der Waals surface area contributed by atoms with Crippen molar-refractivity contribution < 1.29 is 14.7 Å². The summed E-state index contributed by atoms with van der Waals surface area (Å²) < 4.78 is 4.69. The zero-order valence-electron chi connectivity index (χ0n) is 10.3. The third-order valence-corrected chi connectivity index (χ3v) is 3.50. The number of hydroxylamine groups is 2. The van der Waals surface area contributed by atoms with E-state index in [-0.39, 0.29) is 0 Å². The molecule has 0 bridgehead atoms. The van der Waals surface area contributed by atoms with Gasteiger partial charge in [0.05, 0.1) is 36.1 Å². The highest BCUT2D eigenvalue weighted by Crippen LogP contribution is 2.48. The smallest absolute Gasteiger partial charge is 0.312 e. The van der Waals surface area contributed by atoms with Crippen LogP contribution in [-0.4, -0.2) is 29.2 Å². The van der Waals surface area contributed by atoms with E-state index >= 15 is 0 Å². The van der Waals surface area contributed by atoms with E-state index in [1.54, 1.807) is 27.7 Å². The maximum Gasteiger partial charge on any atom is 0.312 e. The number of carbonyl (C=O) groups excluding carboxylic acids is 1. The van der Waals surface area contributed by atoms with Crippen LogP contribution in [0, 0.1) is 23.2 Å². The quantitative estimate of drug-likeness (QED) is 0.627. The van der Waals surface area contributed by atoms with Crippen molar-refractivity contribution in [1.82, 2.24) is 5.06 Å². The van der Waals surface area contributed by atoms with E-state index in [1.807, 2.05) is 0 Å². The lowest BCUT2D eigenvalue weighted by Gasteiger charge is -2.32. The predicted octanol–water partition coefficient (Wildman–Crippen LogP) is 1.13. The molecule has 1 fully saturated rings. The fraction of sp³-hybridized carbons (Fsp3) is 0.818. The summed E-state index contributed by atoms with van der Waals surface area (Å²) in [5.74, 6) is -1.87. The number of ether oxygens (including phenoxy) is 1. The molecule has 5 nitrogen and oxygen atoms in total. The molecule has 1 aliphatic heterocycles. The molecular weight excluding hydrogens is 208 g/mol.